The Morgan fingerprint density at radius 1 is 1.16 bits per heavy atom. The number of nitriles is 1. The predicted molar refractivity (Wildman–Crippen MR) is 136 cm³/mol. The van der Waals surface area contributed by atoms with Gasteiger partial charge in [-0.2, -0.15) is 23.5 Å². The average molecular weight is 518 g/mol. The molecule has 2 aromatic rings. The van der Waals surface area contributed by atoms with Crippen LogP contribution in [0, 0.1) is 30.0 Å². The molecule has 0 spiro atoms. The molecule has 1 fully saturated rings. The summed E-state index contributed by atoms with van der Waals surface area (Å²) in [6.07, 6.45) is -3.42. The van der Waals surface area contributed by atoms with E-state index >= 15 is 0 Å². The molecule has 1 saturated heterocycles. The van der Waals surface area contributed by atoms with Crippen molar-refractivity contribution in [2.75, 3.05) is 16.9 Å². The quantitative estimate of drug-likeness (QED) is 0.489. The summed E-state index contributed by atoms with van der Waals surface area (Å²) in [6.45, 7) is 9.44. The van der Waals surface area contributed by atoms with Crippen LogP contribution in [0.25, 0.3) is 0 Å². The molecule has 1 N–H and O–H groups in total. The van der Waals surface area contributed by atoms with Gasteiger partial charge in [0.1, 0.15) is 17.6 Å². The van der Waals surface area contributed by atoms with Gasteiger partial charge in [-0.05, 0) is 57.0 Å². The van der Waals surface area contributed by atoms with E-state index in [2.05, 4.69) is 10.4 Å². The van der Waals surface area contributed by atoms with Crippen molar-refractivity contribution in [3.8, 4) is 6.07 Å². The van der Waals surface area contributed by atoms with Gasteiger partial charge < -0.3 is 5.32 Å². The minimum Gasteiger partial charge on any atom is -0.323 e. The summed E-state index contributed by atoms with van der Waals surface area (Å²) in [7, 11) is 0. The lowest BCUT2D eigenvalue weighted by atomic mass is 9.86. The lowest BCUT2D eigenvalue weighted by molar-refractivity contribution is -0.130. The second-order valence-corrected chi connectivity index (χ2v) is 9.02. The molecule has 2 heterocycles. The number of rotatable bonds is 4. The number of anilines is 2. The van der Waals surface area contributed by atoms with Gasteiger partial charge in [0.25, 0.3) is 5.91 Å². The Kier molecular flexibility index (Phi) is 8.28. The first-order chi connectivity index (χ1) is 17.5. The summed E-state index contributed by atoms with van der Waals surface area (Å²) in [4.78, 5) is 15.8. The van der Waals surface area contributed by atoms with Crippen LogP contribution in [0.1, 0.15) is 51.7 Å². The number of amides is 1. The van der Waals surface area contributed by atoms with Crippen LogP contribution in [0.4, 0.5) is 28.9 Å². The highest BCUT2D eigenvalue weighted by Gasteiger charge is 2.64. The van der Waals surface area contributed by atoms with Crippen LogP contribution >= 0.6 is 0 Å². The van der Waals surface area contributed by atoms with Crippen molar-refractivity contribution in [1.82, 2.24) is 4.90 Å². The fourth-order valence-corrected chi connectivity index (χ4v) is 5.03. The molecule has 0 aliphatic carbocycles. The van der Waals surface area contributed by atoms with Crippen molar-refractivity contribution in [3.05, 3.63) is 59.4 Å². The van der Waals surface area contributed by atoms with E-state index < -0.39 is 35.2 Å². The molecule has 0 saturated carbocycles. The molecule has 3 atom stereocenters. The van der Waals surface area contributed by atoms with Gasteiger partial charge in [-0.1, -0.05) is 38.5 Å². The molecule has 198 valence electrons. The third-order valence-corrected chi connectivity index (χ3v) is 6.78. The van der Waals surface area contributed by atoms with Crippen LogP contribution < -0.4 is 10.3 Å². The van der Waals surface area contributed by atoms with E-state index in [0.29, 0.717) is 25.1 Å². The Balaban J connectivity index is 0.00000186. The number of carbonyl (C=O) groups excluding carboxylic acids is 1. The number of nitrogens with zero attached hydrogens (tertiary/aromatic N) is 4. The third-order valence-electron chi connectivity index (χ3n) is 6.78. The molecule has 2 aliphatic rings. The molecular weight excluding hydrogens is 486 g/mol. The maximum Gasteiger partial charge on any atom is 0.431 e. The zero-order valence-corrected chi connectivity index (χ0v) is 21.5. The van der Waals surface area contributed by atoms with Crippen molar-refractivity contribution in [2.45, 2.75) is 65.3 Å². The smallest absolute Gasteiger partial charge is 0.323 e. The van der Waals surface area contributed by atoms with Gasteiger partial charge in [0.05, 0.1) is 17.2 Å². The van der Waals surface area contributed by atoms with Crippen molar-refractivity contribution < 1.29 is 22.4 Å². The van der Waals surface area contributed by atoms with E-state index in [9.17, 15) is 27.6 Å². The molecule has 37 heavy (non-hydrogen) atoms. The third kappa shape index (κ3) is 5.05. The van der Waals surface area contributed by atoms with Gasteiger partial charge in [-0.3, -0.25) is 9.69 Å². The Morgan fingerprint density at radius 2 is 1.81 bits per heavy atom. The van der Waals surface area contributed by atoms with E-state index in [0.717, 1.165) is 22.7 Å². The second kappa shape index (κ2) is 10.9. The Morgan fingerprint density at radius 3 is 2.35 bits per heavy atom. The lowest BCUT2D eigenvalue weighted by Gasteiger charge is -2.47. The van der Waals surface area contributed by atoms with E-state index in [-0.39, 0.29) is 17.3 Å². The minimum atomic E-state index is -4.80. The van der Waals surface area contributed by atoms with E-state index in [1.54, 1.807) is 35.2 Å². The highest BCUT2D eigenvalue weighted by atomic mass is 19.4. The number of carbonyl (C=O) groups is 1. The van der Waals surface area contributed by atoms with Crippen LogP contribution in [0.2, 0.25) is 0 Å². The largest absolute Gasteiger partial charge is 0.431 e. The molecule has 10 heteroatoms. The maximum absolute atomic E-state index is 14.2. The number of nitrogens with one attached hydrogen (secondary N) is 1. The van der Waals surface area contributed by atoms with E-state index in [1.807, 2.05) is 27.7 Å². The molecule has 2 aliphatic heterocycles. The molecule has 6 nitrogen and oxygen atoms in total. The number of hydrogen-bond acceptors (Lipinski definition) is 5. The van der Waals surface area contributed by atoms with Gasteiger partial charge in [-0.25, -0.2) is 9.40 Å². The zero-order valence-electron chi connectivity index (χ0n) is 21.5. The van der Waals surface area contributed by atoms with Crippen LogP contribution in [0.3, 0.4) is 0 Å². The molecule has 1 amide bonds. The summed E-state index contributed by atoms with van der Waals surface area (Å²) < 4.78 is 56.5. The van der Waals surface area contributed by atoms with Gasteiger partial charge in [0, 0.05) is 18.3 Å². The fourth-order valence-electron chi connectivity index (χ4n) is 5.03. The highest BCUT2D eigenvalue weighted by Crippen LogP contribution is 2.47. The number of hydrogen-bond donors (Lipinski definition) is 1. The number of likely N-dealkylation sites (tertiary alicyclic amines) is 1. The van der Waals surface area contributed by atoms with Gasteiger partial charge >= 0.3 is 6.18 Å². The zero-order chi connectivity index (χ0) is 27.5. The molecule has 4 rings (SSSR count). The first-order valence-electron chi connectivity index (χ1n) is 12.3. The standard InChI is InChI=1S/C25H25F4N5O.C2H6/c1-15-6-8-19(9-7-15)31-23(35)24(33-12-4-5-16(33)2)17(3)22(25(27,28)29)32-34(24)20-10-11-21(26)18(13-20)14-30;1-2/h6-11,13,16-17H,4-5,12H2,1-3H3,(H,31,35);1-2H3/t16?,17-,24+;/m0./s1. The number of hydrazone groups is 1. The van der Waals surface area contributed by atoms with Crippen molar-refractivity contribution in [1.29, 1.82) is 5.26 Å². The Labute approximate surface area is 214 Å². The van der Waals surface area contributed by atoms with Crippen LogP contribution in [-0.2, 0) is 4.79 Å². The first kappa shape index (κ1) is 28.1. The summed E-state index contributed by atoms with van der Waals surface area (Å²) in [5.41, 5.74) is -1.95. The molecule has 2 aromatic carbocycles. The van der Waals surface area contributed by atoms with Crippen LogP contribution in [-0.4, -0.2) is 40.9 Å². The van der Waals surface area contributed by atoms with E-state index in [4.69, 9.17) is 0 Å². The minimum absolute atomic E-state index is 0.0206. The second-order valence-electron chi connectivity index (χ2n) is 9.02. The van der Waals surface area contributed by atoms with Crippen molar-refractivity contribution >= 4 is 23.0 Å². The molecule has 0 bridgehead atoms. The molecule has 0 aromatic heterocycles. The normalized spacial score (nSPS) is 23.7. The van der Waals surface area contributed by atoms with E-state index in [1.165, 1.54) is 13.0 Å². The lowest BCUT2D eigenvalue weighted by Crippen LogP contribution is -2.69. The number of benzene rings is 2. The number of alkyl halides is 3. The summed E-state index contributed by atoms with van der Waals surface area (Å²) in [5, 5.41) is 17.0. The Hall–Kier alpha value is -3.45. The summed E-state index contributed by atoms with van der Waals surface area (Å²) in [5.74, 6) is -2.88. The number of aryl methyl sites for hydroxylation is 1. The highest BCUT2D eigenvalue weighted by molar-refractivity contribution is 6.09. The van der Waals surface area contributed by atoms with Crippen molar-refractivity contribution in [3.63, 3.8) is 0 Å². The number of halogens is 4. The molecular formula is C27H31F4N5O. The maximum atomic E-state index is 14.2. The average Bonchev–Trinajstić information content (AvgIpc) is 3.43. The first-order valence-corrected chi connectivity index (χ1v) is 12.3. The van der Waals surface area contributed by atoms with Crippen LogP contribution in [0.15, 0.2) is 47.6 Å². The molecule has 0 radical (unpaired) electrons. The Bertz CT molecular complexity index is 1200. The molecule has 1 unspecified atom stereocenters. The van der Waals surface area contributed by atoms with Gasteiger partial charge in [-0.15, -0.1) is 0 Å². The SMILES string of the molecule is CC.Cc1ccc(NC(=O)[C@@]2(N3CCCC3C)[C@@H](C)C(C(F)(F)F)=NN2c2ccc(F)c(C#N)c2)cc1. The van der Waals surface area contributed by atoms with Crippen LogP contribution in [0.5, 0.6) is 0 Å². The monoisotopic (exact) mass is 517 g/mol. The fraction of sp³-hybridized carbons (Fsp3) is 0.444. The summed E-state index contributed by atoms with van der Waals surface area (Å²) >= 11 is 0. The van der Waals surface area contributed by atoms with Gasteiger partial charge in [0.2, 0.25) is 5.66 Å². The van der Waals surface area contributed by atoms with Gasteiger partial charge in [0.15, 0.2) is 0 Å². The van der Waals surface area contributed by atoms with Crippen molar-refractivity contribution in [2.24, 2.45) is 11.0 Å². The topological polar surface area (TPSA) is 71.7 Å². The summed E-state index contributed by atoms with van der Waals surface area (Å²) in [6, 6.07) is 11.8. The predicted octanol–water partition coefficient (Wildman–Crippen LogP) is 6.23.